The van der Waals surface area contributed by atoms with Gasteiger partial charge in [-0.25, -0.2) is 0 Å². The Morgan fingerprint density at radius 1 is 1.31 bits per heavy atom. The highest BCUT2D eigenvalue weighted by atomic mass is 35.5. The maximum Gasteiger partial charge on any atom is 0.0414 e. The van der Waals surface area contributed by atoms with E-state index in [2.05, 4.69) is 31.2 Å². The molecule has 1 aliphatic carbocycles. The number of nitrogens with two attached hydrogens (primary N) is 1. The van der Waals surface area contributed by atoms with Crippen molar-refractivity contribution in [3.63, 3.8) is 0 Å². The summed E-state index contributed by atoms with van der Waals surface area (Å²) in [5.41, 5.74) is 8.96. The van der Waals surface area contributed by atoms with Crippen LogP contribution in [0.3, 0.4) is 0 Å². The predicted octanol–water partition coefficient (Wildman–Crippen LogP) is 2.62. The number of aryl methyl sites for hydroxylation is 1. The van der Waals surface area contributed by atoms with Crippen LogP contribution < -0.4 is 5.73 Å². The zero-order valence-corrected chi connectivity index (χ0v) is 8.73. The lowest BCUT2D eigenvalue weighted by Gasteiger charge is -2.13. The van der Waals surface area contributed by atoms with Crippen molar-refractivity contribution in [1.29, 1.82) is 0 Å². The molecule has 0 aromatic heterocycles. The minimum atomic E-state index is 0. The molecule has 0 aliphatic heterocycles. The maximum absolute atomic E-state index is 6.14. The molecule has 1 nitrogen and oxygen atoms in total. The summed E-state index contributed by atoms with van der Waals surface area (Å²) < 4.78 is 0. The molecule has 0 atom stereocenters. The molecule has 2 N–H and O–H groups in total. The first-order chi connectivity index (χ1) is 5.76. The maximum atomic E-state index is 6.14. The van der Waals surface area contributed by atoms with Crippen molar-refractivity contribution >= 4 is 12.4 Å². The van der Waals surface area contributed by atoms with Gasteiger partial charge in [0.1, 0.15) is 0 Å². The molecule has 1 saturated carbocycles. The molecule has 0 bridgehead atoms. The van der Waals surface area contributed by atoms with E-state index in [9.17, 15) is 0 Å². The number of halogens is 1. The zero-order valence-electron chi connectivity index (χ0n) is 7.92. The molecule has 0 heterocycles. The third-order valence-corrected chi connectivity index (χ3v) is 2.72. The quantitative estimate of drug-likeness (QED) is 0.775. The van der Waals surface area contributed by atoms with Gasteiger partial charge in [-0.05, 0) is 30.4 Å². The van der Waals surface area contributed by atoms with Crippen LogP contribution in [-0.4, -0.2) is 0 Å². The Kier molecular flexibility index (Phi) is 2.99. The van der Waals surface area contributed by atoms with Gasteiger partial charge in [-0.2, -0.15) is 0 Å². The third kappa shape index (κ3) is 1.87. The Morgan fingerprint density at radius 3 is 2.46 bits per heavy atom. The Bertz CT molecular complexity index is 292. The molecule has 0 unspecified atom stereocenters. The van der Waals surface area contributed by atoms with Crippen LogP contribution in [0, 0.1) is 0 Å². The van der Waals surface area contributed by atoms with Gasteiger partial charge in [0, 0.05) is 5.54 Å². The van der Waals surface area contributed by atoms with Crippen molar-refractivity contribution in [2.45, 2.75) is 31.7 Å². The van der Waals surface area contributed by atoms with Crippen molar-refractivity contribution in [1.82, 2.24) is 0 Å². The minimum absolute atomic E-state index is 0. The Labute approximate surface area is 85.7 Å². The molecule has 2 heteroatoms. The second-order valence-corrected chi connectivity index (χ2v) is 3.67. The molecule has 1 fully saturated rings. The molecular weight excluding hydrogens is 182 g/mol. The lowest BCUT2D eigenvalue weighted by Crippen LogP contribution is -2.20. The summed E-state index contributed by atoms with van der Waals surface area (Å²) in [4.78, 5) is 0. The van der Waals surface area contributed by atoms with E-state index in [4.69, 9.17) is 5.73 Å². The number of benzene rings is 1. The number of hydrogen-bond acceptors (Lipinski definition) is 1. The van der Waals surface area contributed by atoms with Crippen molar-refractivity contribution in [2.75, 3.05) is 0 Å². The molecule has 1 aliphatic rings. The van der Waals surface area contributed by atoms with E-state index in [1.807, 2.05) is 0 Å². The fraction of sp³-hybridized carbons (Fsp3) is 0.455. The van der Waals surface area contributed by atoms with Gasteiger partial charge in [-0.1, -0.05) is 31.2 Å². The number of rotatable bonds is 2. The van der Waals surface area contributed by atoms with Crippen LogP contribution in [0.15, 0.2) is 24.3 Å². The minimum Gasteiger partial charge on any atom is -0.321 e. The second-order valence-electron chi connectivity index (χ2n) is 3.67. The third-order valence-electron chi connectivity index (χ3n) is 2.72. The topological polar surface area (TPSA) is 26.0 Å². The van der Waals surface area contributed by atoms with Crippen LogP contribution in [0.4, 0.5) is 0 Å². The summed E-state index contributed by atoms with van der Waals surface area (Å²) in [7, 11) is 0. The van der Waals surface area contributed by atoms with Gasteiger partial charge in [0.25, 0.3) is 0 Å². The average Bonchev–Trinajstić information content (AvgIpc) is 2.85. The Balaban J connectivity index is 0.000000845. The SMILES string of the molecule is CCc1ccccc1C1(N)CC1.Cl. The van der Waals surface area contributed by atoms with E-state index >= 15 is 0 Å². The van der Waals surface area contributed by atoms with Crippen molar-refractivity contribution < 1.29 is 0 Å². The molecule has 1 aromatic carbocycles. The van der Waals surface area contributed by atoms with Crippen LogP contribution in [-0.2, 0) is 12.0 Å². The van der Waals surface area contributed by atoms with E-state index in [0.717, 1.165) is 19.3 Å². The normalized spacial score (nSPS) is 17.7. The lowest BCUT2D eigenvalue weighted by molar-refractivity contribution is 0.727. The summed E-state index contributed by atoms with van der Waals surface area (Å²) in [6, 6.07) is 8.53. The largest absolute Gasteiger partial charge is 0.321 e. The highest BCUT2D eigenvalue weighted by molar-refractivity contribution is 5.85. The summed E-state index contributed by atoms with van der Waals surface area (Å²) in [5, 5.41) is 0. The van der Waals surface area contributed by atoms with Gasteiger partial charge in [0.15, 0.2) is 0 Å². The van der Waals surface area contributed by atoms with E-state index < -0.39 is 0 Å². The summed E-state index contributed by atoms with van der Waals surface area (Å²) in [5.74, 6) is 0. The Morgan fingerprint density at radius 2 is 1.92 bits per heavy atom. The smallest absolute Gasteiger partial charge is 0.0414 e. The van der Waals surface area contributed by atoms with Gasteiger partial charge in [-0.3, -0.25) is 0 Å². The first kappa shape index (κ1) is 10.6. The van der Waals surface area contributed by atoms with E-state index in [0.29, 0.717) is 0 Å². The van der Waals surface area contributed by atoms with Crippen LogP contribution in [0.25, 0.3) is 0 Å². The molecule has 2 rings (SSSR count). The molecule has 72 valence electrons. The monoisotopic (exact) mass is 197 g/mol. The van der Waals surface area contributed by atoms with Gasteiger partial charge >= 0.3 is 0 Å². The molecule has 1 aromatic rings. The second kappa shape index (κ2) is 3.69. The van der Waals surface area contributed by atoms with Gasteiger partial charge < -0.3 is 5.73 Å². The molecule has 0 amide bonds. The van der Waals surface area contributed by atoms with E-state index in [1.54, 1.807) is 0 Å². The highest BCUT2D eigenvalue weighted by Crippen LogP contribution is 2.43. The molecule has 0 spiro atoms. The molecular formula is C11H16ClN. The summed E-state index contributed by atoms with van der Waals surface area (Å²) in [6.45, 7) is 2.19. The molecule has 0 saturated heterocycles. The van der Waals surface area contributed by atoms with E-state index in [1.165, 1.54) is 11.1 Å². The van der Waals surface area contributed by atoms with Crippen molar-refractivity contribution in [2.24, 2.45) is 5.73 Å². The summed E-state index contributed by atoms with van der Waals surface area (Å²) >= 11 is 0. The first-order valence-corrected chi connectivity index (χ1v) is 4.63. The van der Waals surface area contributed by atoms with Crippen LogP contribution in [0.1, 0.15) is 30.9 Å². The van der Waals surface area contributed by atoms with Crippen LogP contribution in [0.5, 0.6) is 0 Å². The van der Waals surface area contributed by atoms with Crippen molar-refractivity contribution in [3.05, 3.63) is 35.4 Å². The fourth-order valence-corrected chi connectivity index (χ4v) is 1.72. The average molecular weight is 198 g/mol. The summed E-state index contributed by atoms with van der Waals surface area (Å²) in [6.07, 6.45) is 3.41. The standard InChI is InChI=1S/C11H15N.ClH/c1-2-9-5-3-4-6-10(9)11(12)7-8-11;/h3-6H,2,7-8,12H2,1H3;1H. The Hall–Kier alpha value is -0.530. The molecule has 13 heavy (non-hydrogen) atoms. The zero-order chi connectivity index (χ0) is 8.60. The van der Waals surface area contributed by atoms with E-state index in [-0.39, 0.29) is 17.9 Å². The van der Waals surface area contributed by atoms with Crippen LogP contribution in [0.2, 0.25) is 0 Å². The van der Waals surface area contributed by atoms with Gasteiger partial charge in [0.05, 0.1) is 0 Å². The van der Waals surface area contributed by atoms with Crippen molar-refractivity contribution in [3.8, 4) is 0 Å². The number of hydrogen-bond donors (Lipinski definition) is 1. The molecule has 0 radical (unpaired) electrons. The first-order valence-electron chi connectivity index (χ1n) is 4.63. The fourth-order valence-electron chi connectivity index (χ4n) is 1.72. The lowest BCUT2D eigenvalue weighted by atomic mass is 9.98. The predicted molar refractivity (Wildman–Crippen MR) is 58.2 cm³/mol. The highest BCUT2D eigenvalue weighted by Gasteiger charge is 2.40. The van der Waals surface area contributed by atoms with Gasteiger partial charge in [0.2, 0.25) is 0 Å². The van der Waals surface area contributed by atoms with Crippen LogP contribution >= 0.6 is 12.4 Å². The van der Waals surface area contributed by atoms with Gasteiger partial charge in [-0.15, -0.1) is 12.4 Å².